The number of carbonyl (C=O) groups excluding carboxylic acids is 2. The molecule has 19 heavy (non-hydrogen) atoms. The van der Waals surface area contributed by atoms with E-state index in [0.717, 1.165) is 38.6 Å². The van der Waals surface area contributed by atoms with Crippen molar-refractivity contribution in [1.29, 1.82) is 0 Å². The molecule has 1 rings (SSSR count). The summed E-state index contributed by atoms with van der Waals surface area (Å²) in [6, 6.07) is 0. The molecule has 1 amide bonds. The molecule has 1 N–H and O–H groups in total. The number of nitrogens with one attached hydrogen (secondary N) is 1. The molecule has 0 heterocycles. The second kappa shape index (κ2) is 9.82. The SMILES string of the molecule is CCOC(=O)CCCCCNC(=O)C1CCCCC1. The maximum absolute atomic E-state index is 11.8. The lowest BCUT2D eigenvalue weighted by Crippen LogP contribution is -2.32. The van der Waals surface area contributed by atoms with Crippen molar-refractivity contribution in [2.24, 2.45) is 5.92 Å². The highest BCUT2D eigenvalue weighted by atomic mass is 16.5. The Morgan fingerprint density at radius 2 is 1.84 bits per heavy atom. The van der Waals surface area contributed by atoms with Gasteiger partial charge in [0.25, 0.3) is 0 Å². The van der Waals surface area contributed by atoms with E-state index in [1.165, 1.54) is 19.3 Å². The van der Waals surface area contributed by atoms with Crippen LogP contribution in [0.1, 0.15) is 64.7 Å². The summed E-state index contributed by atoms with van der Waals surface area (Å²) in [4.78, 5) is 22.9. The van der Waals surface area contributed by atoms with Crippen LogP contribution in [0, 0.1) is 5.92 Å². The molecule has 0 bridgehead atoms. The van der Waals surface area contributed by atoms with Crippen molar-refractivity contribution in [2.45, 2.75) is 64.7 Å². The third kappa shape index (κ3) is 7.19. The summed E-state index contributed by atoms with van der Waals surface area (Å²) in [6.07, 6.45) is 9.00. The standard InChI is InChI=1S/C15H27NO3/c1-2-19-14(17)11-7-4-8-12-16-15(18)13-9-5-3-6-10-13/h13H,2-12H2,1H3,(H,16,18). The molecular weight excluding hydrogens is 242 g/mol. The molecular formula is C15H27NO3. The number of ether oxygens (including phenoxy) is 1. The van der Waals surface area contributed by atoms with Crippen LogP contribution in [0.3, 0.4) is 0 Å². The average Bonchev–Trinajstić information content (AvgIpc) is 2.43. The van der Waals surface area contributed by atoms with Crippen LogP contribution in [0.2, 0.25) is 0 Å². The highest BCUT2D eigenvalue weighted by Gasteiger charge is 2.20. The molecule has 1 aliphatic carbocycles. The fourth-order valence-corrected chi connectivity index (χ4v) is 2.52. The lowest BCUT2D eigenvalue weighted by atomic mass is 9.89. The highest BCUT2D eigenvalue weighted by molar-refractivity contribution is 5.78. The zero-order valence-electron chi connectivity index (χ0n) is 12.1. The minimum atomic E-state index is -0.117. The highest BCUT2D eigenvalue weighted by Crippen LogP contribution is 2.23. The van der Waals surface area contributed by atoms with Crippen molar-refractivity contribution < 1.29 is 14.3 Å². The van der Waals surface area contributed by atoms with E-state index in [0.29, 0.717) is 13.0 Å². The van der Waals surface area contributed by atoms with Gasteiger partial charge >= 0.3 is 5.97 Å². The van der Waals surface area contributed by atoms with Crippen molar-refractivity contribution in [2.75, 3.05) is 13.2 Å². The third-order valence-electron chi connectivity index (χ3n) is 3.64. The molecule has 0 aromatic carbocycles. The van der Waals surface area contributed by atoms with E-state index in [9.17, 15) is 9.59 Å². The largest absolute Gasteiger partial charge is 0.466 e. The topological polar surface area (TPSA) is 55.4 Å². The number of amides is 1. The average molecular weight is 269 g/mol. The van der Waals surface area contributed by atoms with E-state index in [4.69, 9.17) is 4.74 Å². The molecule has 0 aromatic rings. The van der Waals surface area contributed by atoms with Crippen LogP contribution in [-0.4, -0.2) is 25.0 Å². The molecule has 0 radical (unpaired) electrons. The van der Waals surface area contributed by atoms with Crippen molar-refractivity contribution in [3.63, 3.8) is 0 Å². The molecule has 0 saturated heterocycles. The van der Waals surface area contributed by atoms with E-state index in [2.05, 4.69) is 5.32 Å². The van der Waals surface area contributed by atoms with Gasteiger partial charge < -0.3 is 10.1 Å². The van der Waals surface area contributed by atoms with E-state index in [-0.39, 0.29) is 17.8 Å². The van der Waals surface area contributed by atoms with Gasteiger partial charge in [0, 0.05) is 18.9 Å². The first kappa shape index (κ1) is 16.0. The molecule has 4 nitrogen and oxygen atoms in total. The summed E-state index contributed by atoms with van der Waals surface area (Å²) in [5.74, 6) is 0.354. The van der Waals surface area contributed by atoms with E-state index >= 15 is 0 Å². The lowest BCUT2D eigenvalue weighted by molar-refractivity contribution is -0.143. The van der Waals surface area contributed by atoms with E-state index in [1.54, 1.807) is 0 Å². The second-order valence-corrected chi connectivity index (χ2v) is 5.24. The van der Waals surface area contributed by atoms with Gasteiger partial charge in [-0.25, -0.2) is 0 Å². The van der Waals surface area contributed by atoms with Gasteiger partial charge in [-0.05, 0) is 32.6 Å². The zero-order valence-corrected chi connectivity index (χ0v) is 12.1. The second-order valence-electron chi connectivity index (χ2n) is 5.24. The summed E-state index contributed by atoms with van der Waals surface area (Å²) in [5, 5.41) is 3.01. The van der Waals surface area contributed by atoms with Gasteiger partial charge in [0.1, 0.15) is 0 Å². The van der Waals surface area contributed by atoms with Gasteiger partial charge in [-0.1, -0.05) is 25.7 Å². The number of rotatable bonds is 8. The van der Waals surface area contributed by atoms with Crippen molar-refractivity contribution in [3.8, 4) is 0 Å². The number of carbonyl (C=O) groups is 2. The maximum atomic E-state index is 11.8. The molecule has 0 aliphatic heterocycles. The summed E-state index contributed by atoms with van der Waals surface area (Å²) in [6.45, 7) is 3.01. The molecule has 0 atom stereocenters. The Kier molecular flexibility index (Phi) is 8.26. The quantitative estimate of drug-likeness (QED) is 0.544. The summed E-state index contributed by atoms with van der Waals surface area (Å²) < 4.78 is 4.86. The Labute approximate surface area is 116 Å². The first-order chi connectivity index (χ1) is 9.24. The molecule has 1 aliphatic rings. The maximum Gasteiger partial charge on any atom is 0.305 e. The predicted molar refractivity (Wildman–Crippen MR) is 74.7 cm³/mol. The van der Waals surface area contributed by atoms with Gasteiger partial charge in [-0.3, -0.25) is 9.59 Å². The van der Waals surface area contributed by atoms with Crippen molar-refractivity contribution >= 4 is 11.9 Å². The Morgan fingerprint density at radius 1 is 1.11 bits per heavy atom. The van der Waals surface area contributed by atoms with Crippen molar-refractivity contribution in [1.82, 2.24) is 5.32 Å². The normalized spacial score (nSPS) is 16.1. The Morgan fingerprint density at radius 3 is 2.53 bits per heavy atom. The van der Waals surface area contributed by atoms with E-state index < -0.39 is 0 Å². The monoisotopic (exact) mass is 269 g/mol. The molecule has 110 valence electrons. The molecule has 0 unspecified atom stereocenters. The third-order valence-corrected chi connectivity index (χ3v) is 3.64. The molecule has 0 aromatic heterocycles. The number of unbranched alkanes of at least 4 members (excludes halogenated alkanes) is 2. The summed E-state index contributed by atoms with van der Waals surface area (Å²) in [5.41, 5.74) is 0. The number of hydrogen-bond acceptors (Lipinski definition) is 3. The van der Waals surface area contributed by atoms with Crippen LogP contribution in [0.5, 0.6) is 0 Å². The predicted octanol–water partition coefficient (Wildman–Crippen LogP) is 2.81. The first-order valence-electron chi connectivity index (χ1n) is 7.67. The summed E-state index contributed by atoms with van der Waals surface area (Å²) >= 11 is 0. The van der Waals surface area contributed by atoms with Gasteiger partial charge in [-0.2, -0.15) is 0 Å². The fraction of sp³-hybridized carbons (Fsp3) is 0.867. The van der Waals surface area contributed by atoms with Crippen LogP contribution in [0.25, 0.3) is 0 Å². The molecule has 1 saturated carbocycles. The Bertz CT molecular complexity index is 273. The lowest BCUT2D eigenvalue weighted by Gasteiger charge is -2.20. The molecule has 4 heteroatoms. The van der Waals surface area contributed by atoms with Crippen LogP contribution in [0.15, 0.2) is 0 Å². The Balaban J connectivity index is 1.95. The Hall–Kier alpha value is -1.06. The summed E-state index contributed by atoms with van der Waals surface area (Å²) in [7, 11) is 0. The van der Waals surface area contributed by atoms with Crippen LogP contribution >= 0.6 is 0 Å². The first-order valence-corrected chi connectivity index (χ1v) is 7.67. The van der Waals surface area contributed by atoms with Gasteiger partial charge in [0.15, 0.2) is 0 Å². The zero-order chi connectivity index (χ0) is 13.9. The van der Waals surface area contributed by atoms with Gasteiger partial charge in [0.05, 0.1) is 6.61 Å². The molecule has 1 fully saturated rings. The van der Waals surface area contributed by atoms with Crippen molar-refractivity contribution in [3.05, 3.63) is 0 Å². The molecule has 0 spiro atoms. The minimum Gasteiger partial charge on any atom is -0.466 e. The number of hydrogen-bond donors (Lipinski definition) is 1. The minimum absolute atomic E-state index is 0.117. The number of esters is 1. The fourth-order valence-electron chi connectivity index (χ4n) is 2.52. The van der Waals surface area contributed by atoms with E-state index in [1.807, 2.05) is 6.92 Å². The smallest absolute Gasteiger partial charge is 0.305 e. The van der Waals surface area contributed by atoms with Gasteiger partial charge in [0.2, 0.25) is 5.91 Å². The van der Waals surface area contributed by atoms with Crippen LogP contribution in [0.4, 0.5) is 0 Å². The van der Waals surface area contributed by atoms with Crippen LogP contribution < -0.4 is 5.32 Å². The van der Waals surface area contributed by atoms with Crippen LogP contribution in [-0.2, 0) is 14.3 Å². The van der Waals surface area contributed by atoms with Gasteiger partial charge in [-0.15, -0.1) is 0 Å².